The van der Waals surface area contributed by atoms with E-state index in [1.54, 1.807) is 11.8 Å². The van der Waals surface area contributed by atoms with Gasteiger partial charge in [0, 0.05) is 27.3 Å². The van der Waals surface area contributed by atoms with E-state index >= 15 is 0 Å². The van der Waals surface area contributed by atoms with Gasteiger partial charge in [-0.15, -0.1) is 0 Å². The molecule has 2 aromatic rings. The van der Waals surface area contributed by atoms with Gasteiger partial charge in [0.2, 0.25) is 0 Å². The van der Waals surface area contributed by atoms with Crippen LogP contribution in [0.3, 0.4) is 0 Å². The van der Waals surface area contributed by atoms with E-state index < -0.39 is 0 Å². The van der Waals surface area contributed by atoms with E-state index in [1.165, 1.54) is 11.1 Å². The Morgan fingerprint density at radius 1 is 1.15 bits per heavy atom. The standard InChI is InChI=1S/C15H18BrN3S/c1-9-10(2)18-15(19-11(9)3)20-13-6-5-12(8-17-4)14(16)7-13/h5-7,17H,8H2,1-4H3. The first kappa shape index (κ1) is 15.5. The van der Waals surface area contributed by atoms with Crippen molar-refractivity contribution in [2.45, 2.75) is 37.4 Å². The van der Waals surface area contributed by atoms with E-state index in [4.69, 9.17) is 0 Å². The smallest absolute Gasteiger partial charge is 0.192 e. The Balaban J connectivity index is 2.24. The topological polar surface area (TPSA) is 37.8 Å². The van der Waals surface area contributed by atoms with Crippen LogP contribution in [0, 0.1) is 20.8 Å². The van der Waals surface area contributed by atoms with Crippen LogP contribution in [0.4, 0.5) is 0 Å². The van der Waals surface area contributed by atoms with Gasteiger partial charge < -0.3 is 5.32 Å². The summed E-state index contributed by atoms with van der Waals surface area (Å²) < 4.78 is 1.11. The molecule has 1 N–H and O–H groups in total. The summed E-state index contributed by atoms with van der Waals surface area (Å²) in [5.41, 5.74) is 4.51. The molecule has 0 saturated heterocycles. The third-order valence-electron chi connectivity index (χ3n) is 3.21. The number of benzene rings is 1. The Bertz CT molecular complexity index is 606. The van der Waals surface area contributed by atoms with E-state index in [0.717, 1.165) is 32.5 Å². The lowest BCUT2D eigenvalue weighted by Crippen LogP contribution is -2.05. The Kier molecular flexibility index (Phi) is 5.18. The van der Waals surface area contributed by atoms with Gasteiger partial charge in [-0.05, 0) is 62.8 Å². The fourth-order valence-electron chi connectivity index (χ4n) is 1.82. The van der Waals surface area contributed by atoms with Crippen LogP contribution < -0.4 is 5.32 Å². The SMILES string of the molecule is CNCc1ccc(Sc2nc(C)c(C)c(C)n2)cc1Br. The number of nitrogens with zero attached hydrogens (tertiary/aromatic N) is 2. The number of halogens is 1. The maximum atomic E-state index is 4.54. The molecule has 0 spiro atoms. The van der Waals surface area contributed by atoms with Crippen molar-refractivity contribution < 1.29 is 0 Å². The summed E-state index contributed by atoms with van der Waals surface area (Å²) in [4.78, 5) is 10.2. The molecule has 1 heterocycles. The minimum absolute atomic E-state index is 0.805. The van der Waals surface area contributed by atoms with Gasteiger partial charge in [0.05, 0.1) is 0 Å². The summed E-state index contributed by atoms with van der Waals surface area (Å²) in [6.07, 6.45) is 0. The molecule has 0 aliphatic carbocycles. The molecule has 0 amide bonds. The van der Waals surface area contributed by atoms with Crippen LogP contribution in [-0.4, -0.2) is 17.0 Å². The largest absolute Gasteiger partial charge is 0.316 e. The van der Waals surface area contributed by atoms with Gasteiger partial charge in [0.1, 0.15) is 0 Å². The second-order valence-electron chi connectivity index (χ2n) is 4.69. The predicted octanol–water partition coefficient (Wildman–Crippen LogP) is 4.03. The summed E-state index contributed by atoms with van der Waals surface area (Å²) in [7, 11) is 1.95. The van der Waals surface area contributed by atoms with Crippen LogP contribution in [-0.2, 0) is 6.54 Å². The van der Waals surface area contributed by atoms with E-state index in [9.17, 15) is 0 Å². The molecule has 3 nitrogen and oxygen atoms in total. The average Bonchev–Trinajstić information content (AvgIpc) is 2.39. The minimum atomic E-state index is 0.805. The van der Waals surface area contributed by atoms with Gasteiger partial charge in [-0.25, -0.2) is 9.97 Å². The molecule has 0 unspecified atom stereocenters. The van der Waals surface area contributed by atoms with Crippen molar-refractivity contribution in [1.29, 1.82) is 0 Å². The van der Waals surface area contributed by atoms with Gasteiger partial charge >= 0.3 is 0 Å². The fraction of sp³-hybridized carbons (Fsp3) is 0.333. The van der Waals surface area contributed by atoms with Crippen molar-refractivity contribution in [2.24, 2.45) is 0 Å². The van der Waals surface area contributed by atoms with Crippen molar-refractivity contribution in [3.63, 3.8) is 0 Å². The molecular weight excluding hydrogens is 334 g/mol. The van der Waals surface area contributed by atoms with Crippen molar-refractivity contribution in [1.82, 2.24) is 15.3 Å². The first-order valence-electron chi connectivity index (χ1n) is 6.44. The fourth-order valence-corrected chi connectivity index (χ4v) is 3.38. The first-order chi connectivity index (χ1) is 9.51. The maximum absolute atomic E-state index is 4.54. The molecule has 1 aromatic carbocycles. The molecule has 106 valence electrons. The van der Waals surface area contributed by atoms with Gasteiger partial charge in [-0.1, -0.05) is 22.0 Å². The molecule has 0 fully saturated rings. The summed E-state index contributed by atoms with van der Waals surface area (Å²) in [6.45, 7) is 6.97. The monoisotopic (exact) mass is 351 g/mol. The van der Waals surface area contributed by atoms with Crippen LogP contribution in [0.5, 0.6) is 0 Å². The zero-order valence-electron chi connectivity index (χ0n) is 12.1. The molecule has 0 aliphatic heterocycles. The molecule has 1 aromatic heterocycles. The van der Waals surface area contributed by atoms with Crippen LogP contribution in [0.1, 0.15) is 22.5 Å². The molecule has 0 aliphatic rings. The highest BCUT2D eigenvalue weighted by atomic mass is 79.9. The molecule has 0 saturated carbocycles. The van der Waals surface area contributed by atoms with Gasteiger partial charge in [-0.2, -0.15) is 0 Å². The average molecular weight is 352 g/mol. The van der Waals surface area contributed by atoms with Gasteiger partial charge in [0.25, 0.3) is 0 Å². The first-order valence-corrected chi connectivity index (χ1v) is 8.05. The summed E-state index contributed by atoms with van der Waals surface area (Å²) in [6, 6.07) is 6.35. The molecule has 5 heteroatoms. The van der Waals surface area contributed by atoms with Crippen LogP contribution in [0.2, 0.25) is 0 Å². The van der Waals surface area contributed by atoms with Crippen LogP contribution >= 0.6 is 27.7 Å². The van der Waals surface area contributed by atoms with E-state index in [2.05, 4.69) is 56.3 Å². The van der Waals surface area contributed by atoms with Crippen LogP contribution in [0.25, 0.3) is 0 Å². The zero-order chi connectivity index (χ0) is 14.7. The highest BCUT2D eigenvalue weighted by Gasteiger charge is 2.08. The van der Waals surface area contributed by atoms with Gasteiger partial charge in [-0.3, -0.25) is 0 Å². The third kappa shape index (κ3) is 3.59. The molecule has 0 radical (unpaired) electrons. The van der Waals surface area contributed by atoms with E-state index in [1.807, 2.05) is 20.9 Å². The highest BCUT2D eigenvalue weighted by molar-refractivity contribution is 9.10. The van der Waals surface area contributed by atoms with Crippen molar-refractivity contribution in [2.75, 3.05) is 7.05 Å². The number of hydrogen-bond acceptors (Lipinski definition) is 4. The molecule has 20 heavy (non-hydrogen) atoms. The minimum Gasteiger partial charge on any atom is -0.316 e. The Morgan fingerprint density at radius 2 is 1.80 bits per heavy atom. The summed E-state index contributed by atoms with van der Waals surface area (Å²) in [5.74, 6) is 0. The third-order valence-corrected chi connectivity index (χ3v) is 4.81. The number of rotatable bonds is 4. The van der Waals surface area contributed by atoms with Gasteiger partial charge in [0.15, 0.2) is 5.16 Å². The summed E-state index contributed by atoms with van der Waals surface area (Å²) >= 11 is 5.20. The van der Waals surface area contributed by atoms with Crippen molar-refractivity contribution in [3.8, 4) is 0 Å². The Morgan fingerprint density at radius 3 is 2.35 bits per heavy atom. The Labute approximate surface area is 132 Å². The van der Waals surface area contributed by atoms with Crippen molar-refractivity contribution in [3.05, 3.63) is 45.2 Å². The highest BCUT2D eigenvalue weighted by Crippen LogP contribution is 2.29. The Hall–Kier alpha value is -0.910. The number of aryl methyl sites for hydroxylation is 2. The van der Waals surface area contributed by atoms with Crippen LogP contribution in [0.15, 0.2) is 32.7 Å². The lowest BCUT2D eigenvalue weighted by atomic mass is 10.2. The number of hydrogen-bond donors (Lipinski definition) is 1. The second-order valence-corrected chi connectivity index (χ2v) is 6.58. The molecular formula is C15H18BrN3S. The molecule has 0 atom stereocenters. The quantitative estimate of drug-likeness (QED) is 0.843. The normalized spacial score (nSPS) is 10.8. The molecule has 0 bridgehead atoms. The summed E-state index contributed by atoms with van der Waals surface area (Å²) in [5, 5.41) is 3.96. The molecule has 2 rings (SSSR count). The van der Waals surface area contributed by atoms with Crippen molar-refractivity contribution >= 4 is 27.7 Å². The number of nitrogens with one attached hydrogen (secondary N) is 1. The van der Waals surface area contributed by atoms with E-state index in [0.29, 0.717) is 0 Å². The lowest BCUT2D eigenvalue weighted by molar-refractivity contribution is 0.813. The lowest BCUT2D eigenvalue weighted by Gasteiger charge is -2.08. The van der Waals surface area contributed by atoms with E-state index in [-0.39, 0.29) is 0 Å². The zero-order valence-corrected chi connectivity index (χ0v) is 14.5. The second kappa shape index (κ2) is 6.70. The number of aromatic nitrogens is 2. The predicted molar refractivity (Wildman–Crippen MR) is 87.3 cm³/mol. The maximum Gasteiger partial charge on any atom is 0.192 e.